The van der Waals surface area contributed by atoms with Gasteiger partial charge in [-0.2, -0.15) is 4.99 Å². The number of hydrogen-bond donors (Lipinski definition) is 3. The third kappa shape index (κ3) is 6.41. The lowest BCUT2D eigenvalue weighted by molar-refractivity contribution is 0.253. The number of aliphatic imine (C=N–C) groups is 1. The van der Waals surface area contributed by atoms with Crippen molar-refractivity contribution in [3.05, 3.63) is 0 Å². The highest BCUT2D eigenvalue weighted by Gasteiger charge is 1.84. The Morgan fingerprint density at radius 1 is 1.44 bits per heavy atom. The first kappa shape index (κ1) is 7.41. The van der Waals surface area contributed by atoms with Crippen LogP contribution in [0.5, 0.6) is 0 Å². The number of carbonyl (C=O) groups is 2. The Bertz CT molecular complexity index is 152. The smallest absolute Gasteiger partial charge is 0.339 e. The summed E-state index contributed by atoms with van der Waals surface area (Å²) in [6, 6.07) is -1.68. The van der Waals surface area contributed by atoms with Crippen molar-refractivity contribution in [2.45, 2.75) is 0 Å². The van der Waals surface area contributed by atoms with Crippen LogP contribution in [0.4, 0.5) is 9.59 Å². The van der Waals surface area contributed by atoms with Crippen molar-refractivity contribution in [2.75, 3.05) is 0 Å². The van der Waals surface area contributed by atoms with Crippen LogP contribution in [0.25, 0.3) is 0 Å². The van der Waals surface area contributed by atoms with Crippen molar-refractivity contribution in [2.24, 2.45) is 16.5 Å². The Hall–Kier alpha value is -1.59. The lowest BCUT2D eigenvalue weighted by Gasteiger charge is -1.86. The van der Waals surface area contributed by atoms with Crippen molar-refractivity contribution in [3.8, 4) is 0 Å². The second kappa shape index (κ2) is 3.42. The van der Waals surface area contributed by atoms with Crippen molar-refractivity contribution < 1.29 is 9.59 Å². The van der Waals surface area contributed by atoms with Crippen LogP contribution in [0.3, 0.4) is 0 Å². The number of hydrogen-bond acceptors (Lipinski definition) is 2. The molecule has 0 aliphatic rings. The molecule has 0 saturated heterocycles. The van der Waals surface area contributed by atoms with Gasteiger partial charge in [0.05, 0.1) is 0 Å². The van der Waals surface area contributed by atoms with Gasteiger partial charge in [0.15, 0.2) is 0 Å². The van der Waals surface area contributed by atoms with E-state index in [0.29, 0.717) is 0 Å². The Labute approximate surface area is 50.9 Å². The summed E-state index contributed by atoms with van der Waals surface area (Å²) in [6.07, 6.45) is 0.824. The molecular weight excluding hydrogens is 124 g/mol. The van der Waals surface area contributed by atoms with Crippen LogP contribution in [0.1, 0.15) is 0 Å². The summed E-state index contributed by atoms with van der Waals surface area (Å²) in [5.74, 6) is 0. The van der Waals surface area contributed by atoms with E-state index in [0.717, 1.165) is 6.34 Å². The first-order chi connectivity index (χ1) is 4.13. The van der Waals surface area contributed by atoms with Gasteiger partial charge < -0.3 is 11.5 Å². The van der Waals surface area contributed by atoms with Gasteiger partial charge in [0.25, 0.3) is 0 Å². The monoisotopic (exact) mass is 130 g/mol. The molecule has 0 unspecified atom stereocenters. The predicted molar refractivity (Wildman–Crippen MR) is 30.8 cm³/mol. The maximum atomic E-state index is 9.85. The summed E-state index contributed by atoms with van der Waals surface area (Å²) in [7, 11) is 0. The molecule has 4 amide bonds. The van der Waals surface area contributed by atoms with E-state index >= 15 is 0 Å². The van der Waals surface area contributed by atoms with Gasteiger partial charge in [0, 0.05) is 0 Å². The molecule has 0 aliphatic heterocycles. The van der Waals surface area contributed by atoms with E-state index in [-0.39, 0.29) is 0 Å². The Morgan fingerprint density at radius 2 is 2.00 bits per heavy atom. The summed E-state index contributed by atoms with van der Waals surface area (Å²) >= 11 is 0. The lowest BCUT2D eigenvalue weighted by atomic mass is 11.0. The molecule has 0 saturated carbocycles. The number of amides is 4. The second-order valence-electron chi connectivity index (χ2n) is 1.11. The van der Waals surface area contributed by atoms with E-state index in [4.69, 9.17) is 0 Å². The zero-order valence-electron chi connectivity index (χ0n) is 4.50. The van der Waals surface area contributed by atoms with Crippen LogP contribution in [0.2, 0.25) is 0 Å². The van der Waals surface area contributed by atoms with Gasteiger partial charge in [-0.05, 0) is 0 Å². The molecule has 5 N–H and O–H groups in total. The number of nitrogens with two attached hydrogens (primary N) is 2. The fourth-order valence-electron chi connectivity index (χ4n) is 0.160. The largest absolute Gasteiger partial charge is 0.351 e. The molecule has 0 aromatic heterocycles. The van der Waals surface area contributed by atoms with Crippen LogP contribution in [-0.2, 0) is 0 Å². The first-order valence-corrected chi connectivity index (χ1v) is 2.01. The van der Waals surface area contributed by atoms with Gasteiger partial charge in [-0.1, -0.05) is 0 Å². The number of urea groups is 2. The first-order valence-electron chi connectivity index (χ1n) is 2.01. The SMILES string of the molecule is NC(=O)N=CNC(N)=O. The molecule has 50 valence electrons. The van der Waals surface area contributed by atoms with Gasteiger partial charge in [-0.3, -0.25) is 5.32 Å². The Balaban J connectivity index is 3.48. The third-order valence-electron chi connectivity index (χ3n) is 0.399. The third-order valence-corrected chi connectivity index (χ3v) is 0.399. The minimum Gasteiger partial charge on any atom is -0.351 e. The molecule has 0 atom stereocenters. The maximum Gasteiger partial charge on any atom is 0.339 e. The van der Waals surface area contributed by atoms with Crippen LogP contribution in [0.15, 0.2) is 4.99 Å². The number of carbonyl (C=O) groups excluding carboxylic acids is 2. The molecule has 0 fully saturated rings. The van der Waals surface area contributed by atoms with Crippen LogP contribution in [-0.4, -0.2) is 18.4 Å². The highest BCUT2D eigenvalue weighted by atomic mass is 16.2. The summed E-state index contributed by atoms with van der Waals surface area (Å²) in [6.45, 7) is 0. The number of nitrogens with one attached hydrogen (secondary N) is 1. The minimum absolute atomic E-state index is 0.792. The highest BCUT2D eigenvalue weighted by molar-refractivity contribution is 5.90. The van der Waals surface area contributed by atoms with E-state index in [2.05, 4.69) is 16.5 Å². The summed E-state index contributed by atoms with van der Waals surface area (Å²) in [5.41, 5.74) is 9.13. The summed E-state index contributed by atoms with van der Waals surface area (Å²) in [4.78, 5) is 22.6. The highest BCUT2D eigenvalue weighted by Crippen LogP contribution is 1.60. The second-order valence-corrected chi connectivity index (χ2v) is 1.11. The van der Waals surface area contributed by atoms with Crippen molar-refractivity contribution in [1.29, 1.82) is 0 Å². The summed E-state index contributed by atoms with van der Waals surface area (Å²) in [5, 5.41) is 1.92. The number of primary amides is 2. The van der Waals surface area contributed by atoms with Crippen molar-refractivity contribution in [3.63, 3.8) is 0 Å². The van der Waals surface area contributed by atoms with Gasteiger partial charge in [-0.15, -0.1) is 0 Å². The van der Waals surface area contributed by atoms with Gasteiger partial charge in [0.2, 0.25) is 0 Å². The van der Waals surface area contributed by atoms with Crippen molar-refractivity contribution in [1.82, 2.24) is 5.32 Å². The van der Waals surface area contributed by atoms with E-state index in [1.54, 1.807) is 0 Å². The molecule has 0 rings (SSSR count). The average molecular weight is 130 g/mol. The fraction of sp³-hybridized carbons (Fsp3) is 0. The molecule has 6 heteroatoms. The maximum absolute atomic E-state index is 9.85. The normalized spacial score (nSPS) is 9.33. The standard InChI is InChI=1S/C3H6N4O2/c4-2(8)6-1-7-3(5)9/h1H,(H5,4,5,6,7,8,9). The van der Waals surface area contributed by atoms with Crippen molar-refractivity contribution >= 4 is 18.4 Å². The quantitative estimate of drug-likeness (QED) is 0.304. The van der Waals surface area contributed by atoms with E-state index < -0.39 is 12.1 Å². The zero-order chi connectivity index (χ0) is 7.28. The van der Waals surface area contributed by atoms with Gasteiger partial charge in [0.1, 0.15) is 6.34 Å². The molecule has 6 nitrogen and oxygen atoms in total. The topological polar surface area (TPSA) is 111 Å². The zero-order valence-corrected chi connectivity index (χ0v) is 4.50. The van der Waals surface area contributed by atoms with Gasteiger partial charge in [-0.25, -0.2) is 9.59 Å². The number of rotatable bonds is 1. The van der Waals surface area contributed by atoms with Crippen LogP contribution >= 0.6 is 0 Å². The molecule has 0 spiro atoms. The molecule has 0 bridgehead atoms. The molecule has 0 heterocycles. The van der Waals surface area contributed by atoms with E-state index in [1.807, 2.05) is 5.32 Å². The minimum atomic E-state index is -0.885. The molecular formula is C3H6N4O2. The Morgan fingerprint density at radius 3 is 2.33 bits per heavy atom. The number of nitrogens with zero attached hydrogens (tertiary/aromatic N) is 1. The summed E-state index contributed by atoms with van der Waals surface area (Å²) < 4.78 is 0. The molecule has 0 aromatic carbocycles. The van der Waals surface area contributed by atoms with E-state index in [1.165, 1.54) is 0 Å². The molecule has 9 heavy (non-hydrogen) atoms. The molecule has 0 aliphatic carbocycles. The molecule has 0 aromatic rings. The Kier molecular flexibility index (Phi) is 2.81. The molecule has 0 radical (unpaired) electrons. The lowest BCUT2D eigenvalue weighted by Crippen LogP contribution is -2.28. The fourth-order valence-corrected chi connectivity index (χ4v) is 0.160. The van der Waals surface area contributed by atoms with Crippen LogP contribution in [0, 0.1) is 0 Å². The van der Waals surface area contributed by atoms with Crippen LogP contribution < -0.4 is 16.8 Å². The van der Waals surface area contributed by atoms with Gasteiger partial charge >= 0.3 is 12.1 Å². The predicted octanol–water partition coefficient (Wildman–Crippen LogP) is -1.24. The van der Waals surface area contributed by atoms with E-state index in [9.17, 15) is 9.59 Å². The average Bonchev–Trinajstić information content (AvgIpc) is 1.63.